The number of thiophene rings is 1. The van der Waals surface area contributed by atoms with Gasteiger partial charge in [0.2, 0.25) is 0 Å². The van der Waals surface area contributed by atoms with Gasteiger partial charge in [-0.15, -0.1) is 11.3 Å². The lowest BCUT2D eigenvalue weighted by atomic mass is 10.1. The molecule has 2 N–H and O–H groups in total. The monoisotopic (exact) mass is 333 g/mol. The van der Waals surface area contributed by atoms with Gasteiger partial charge in [-0.2, -0.15) is 5.10 Å². The molecule has 0 fully saturated rings. The van der Waals surface area contributed by atoms with E-state index in [2.05, 4.69) is 10.4 Å². The standard InChI is InChI=1S/C16H19N3O3S/c1-9(7-12(20)13-5-4-6-22-13)17-15(21)14-8-11-10(2)18-19(3)16(11)23-14/h4-6,8-9,12,20H,7H2,1-3H3,(H,17,21). The molecule has 122 valence electrons. The summed E-state index contributed by atoms with van der Waals surface area (Å²) in [6.45, 7) is 3.79. The van der Waals surface area contributed by atoms with Gasteiger partial charge >= 0.3 is 0 Å². The molecule has 3 heterocycles. The van der Waals surface area contributed by atoms with Crippen LogP contribution in [0.4, 0.5) is 0 Å². The number of hydrogen-bond donors (Lipinski definition) is 2. The summed E-state index contributed by atoms with van der Waals surface area (Å²) in [5.41, 5.74) is 0.916. The molecule has 0 aliphatic carbocycles. The summed E-state index contributed by atoms with van der Waals surface area (Å²) in [7, 11) is 1.87. The number of furan rings is 1. The molecule has 2 unspecified atom stereocenters. The number of hydrogen-bond acceptors (Lipinski definition) is 5. The van der Waals surface area contributed by atoms with E-state index in [0.29, 0.717) is 17.1 Å². The predicted molar refractivity (Wildman–Crippen MR) is 88.5 cm³/mol. The van der Waals surface area contributed by atoms with E-state index in [9.17, 15) is 9.90 Å². The van der Waals surface area contributed by atoms with Crippen molar-refractivity contribution in [2.45, 2.75) is 32.4 Å². The van der Waals surface area contributed by atoms with Crippen LogP contribution in [0, 0.1) is 6.92 Å². The van der Waals surface area contributed by atoms with Crippen LogP contribution in [-0.2, 0) is 7.05 Å². The van der Waals surface area contributed by atoms with Crippen LogP contribution >= 0.6 is 11.3 Å². The van der Waals surface area contributed by atoms with Gasteiger partial charge in [0, 0.05) is 24.9 Å². The van der Waals surface area contributed by atoms with Crippen molar-refractivity contribution in [3.05, 3.63) is 40.8 Å². The Kier molecular flexibility index (Phi) is 4.23. The minimum Gasteiger partial charge on any atom is -0.467 e. The third-order valence-electron chi connectivity index (χ3n) is 3.75. The van der Waals surface area contributed by atoms with E-state index < -0.39 is 6.10 Å². The maximum absolute atomic E-state index is 12.4. The lowest BCUT2D eigenvalue weighted by molar-refractivity contribution is 0.0907. The van der Waals surface area contributed by atoms with Gasteiger partial charge in [-0.3, -0.25) is 9.48 Å². The average molecular weight is 333 g/mol. The molecule has 3 aromatic rings. The lowest BCUT2D eigenvalue weighted by Crippen LogP contribution is -2.33. The smallest absolute Gasteiger partial charge is 0.261 e. The zero-order chi connectivity index (χ0) is 16.6. The first-order valence-corrected chi connectivity index (χ1v) is 8.23. The Morgan fingerprint density at radius 2 is 2.35 bits per heavy atom. The fourth-order valence-electron chi connectivity index (χ4n) is 2.60. The quantitative estimate of drug-likeness (QED) is 0.752. The number of aromatic nitrogens is 2. The van der Waals surface area contributed by atoms with Crippen molar-refractivity contribution in [3.63, 3.8) is 0 Å². The van der Waals surface area contributed by atoms with Crippen LogP contribution in [0.5, 0.6) is 0 Å². The SMILES string of the molecule is Cc1nn(C)c2sc(C(=O)NC(C)CC(O)c3ccco3)cc12. The molecular formula is C16H19N3O3S. The van der Waals surface area contributed by atoms with E-state index in [0.717, 1.165) is 15.9 Å². The maximum atomic E-state index is 12.4. The number of fused-ring (bicyclic) bond motifs is 1. The second kappa shape index (κ2) is 6.17. The van der Waals surface area contributed by atoms with E-state index >= 15 is 0 Å². The minimum atomic E-state index is -0.728. The molecule has 23 heavy (non-hydrogen) atoms. The number of carbonyl (C=O) groups excluding carboxylic acids is 1. The molecule has 0 aromatic carbocycles. The van der Waals surface area contributed by atoms with Crippen molar-refractivity contribution in [1.82, 2.24) is 15.1 Å². The number of aliphatic hydroxyl groups excluding tert-OH is 1. The normalized spacial score (nSPS) is 14.1. The van der Waals surface area contributed by atoms with Gasteiger partial charge < -0.3 is 14.8 Å². The summed E-state index contributed by atoms with van der Waals surface area (Å²) in [5.74, 6) is 0.374. The van der Waals surface area contributed by atoms with E-state index in [1.807, 2.05) is 27.0 Å². The number of aliphatic hydroxyl groups is 1. The van der Waals surface area contributed by atoms with Gasteiger partial charge in [0.25, 0.3) is 5.91 Å². The summed E-state index contributed by atoms with van der Waals surface area (Å²) < 4.78 is 6.96. The third-order valence-corrected chi connectivity index (χ3v) is 4.95. The van der Waals surface area contributed by atoms with Crippen molar-refractivity contribution in [2.75, 3.05) is 0 Å². The number of aryl methyl sites for hydroxylation is 2. The molecule has 0 aliphatic heterocycles. The van der Waals surface area contributed by atoms with Crippen LogP contribution in [0.15, 0.2) is 28.9 Å². The van der Waals surface area contributed by atoms with Crippen molar-refractivity contribution >= 4 is 27.5 Å². The molecule has 6 nitrogen and oxygen atoms in total. The molecule has 7 heteroatoms. The van der Waals surface area contributed by atoms with Gasteiger partial charge in [-0.05, 0) is 32.0 Å². The summed E-state index contributed by atoms with van der Waals surface area (Å²) in [4.78, 5) is 14.0. The highest BCUT2D eigenvalue weighted by atomic mass is 32.1. The highest BCUT2D eigenvalue weighted by Gasteiger charge is 2.19. The van der Waals surface area contributed by atoms with Gasteiger partial charge in [-0.25, -0.2) is 0 Å². The summed E-state index contributed by atoms with van der Waals surface area (Å²) in [6.07, 6.45) is 1.19. The molecule has 3 aromatic heterocycles. The third kappa shape index (κ3) is 3.16. The van der Waals surface area contributed by atoms with Crippen LogP contribution in [0.25, 0.3) is 10.2 Å². The topological polar surface area (TPSA) is 80.3 Å². The molecule has 0 bridgehead atoms. The molecule has 2 atom stereocenters. The van der Waals surface area contributed by atoms with E-state index in [1.165, 1.54) is 17.6 Å². The van der Waals surface area contributed by atoms with Crippen LogP contribution in [-0.4, -0.2) is 26.8 Å². The van der Waals surface area contributed by atoms with E-state index in [1.54, 1.807) is 16.8 Å². The Bertz CT molecular complexity index is 785. The van der Waals surface area contributed by atoms with Gasteiger partial charge in [0.05, 0.1) is 16.8 Å². The molecule has 0 aliphatic rings. The predicted octanol–water partition coefficient (Wildman–Crippen LogP) is 2.78. The van der Waals surface area contributed by atoms with E-state index in [-0.39, 0.29) is 11.9 Å². The minimum absolute atomic E-state index is 0.134. The first-order chi connectivity index (χ1) is 11.0. The lowest BCUT2D eigenvalue weighted by Gasteiger charge is -2.16. The highest BCUT2D eigenvalue weighted by molar-refractivity contribution is 7.20. The first kappa shape index (κ1) is 15.8. The number of nitrogens with zero attached hydrogens (tertiary/aromatic N) is 2. The summed E-state index contributed by atoms with van der Waals surface area (Å²) in [5, 5.41) is 18.3. The molecule has 0 saturated carbocycles. The van der Waals surface area contributed by atoms with Gasteiger partial charge in [0.1, 0.15) is 16.7 Å². The van der Waals surface area contributed by atoms with Crippen LogP contribution in [0.1, 0.15) is 40.6 Å². The van der Waals surface area contributed by atoms with Gasteiger partial charge in [-0.1, -0.05) is 0 Å². The second-order valence-electron chi connectivity index (χ2n) is 5.68. The van der Waals surface area contributed by atoms with Gasteiger partial charge in [0.15, 0.2) is 0 Å². The Morgan fingerprint density at radius 3 is 3.00 bits per heavy atom. The number of amides is 1. The fraction of sp³-hybridized carbons (Fsp3) is 0.375. The average Bonchev–Trinajstić information content (AvgIpc) is 3.19. The summed E-state index contributed by atoms with van der Waals surface area (Å²) >= 11 is 1.42. The van der Waals surface area contributed by atoms with Crippen molar-refractivity contribution < 1.29 is 14.3 Å². The molecule has 0 spiro atoms. The Morgan fingerprint density at radius 1 is 1.57 bits per heavy atom. The maximum Gasteiger partial charge on any atom is 0.261 e. The molecular weight excluding hydrogens is 314 g/mol. The van der Waals surface area contributed by atoms with Crippen LogP contribution in [0.2, 0.25) is 0 Å². The van der Waals surface area contributed by atoms with E-state index in [4.69, 9.17) is 4.42 Å². The van der Waals surface area contributed by atoms with Crippen molar-refractivity contribution in [3.8, 4) is 0 Å². The van der Waals surface area contributed by atoms with Crippen molar-refractivity contribution in [2.24, 2.45) is 7.05 Å². The zero-order valence-electron chi connectivity index (χ0n) is 13.2. The molecule has 1 amide bonds. The molecule has 3 rings (SSSR count). The Hall–Kier alpha value is -2.12. The zero-order valence-corrected chi connectivity index (χ0v) is 14.1. The Labute approximate surface area is 137 Å². The fourth-order valence-corrected chi connectivity index (χ4v) is 3.63. The first-order valence-electron chi connectivity index (χ1n) is 7.41. The van der Waals surface area contributed by atoms with Crippen molar-refractivity contribution in [1.29, 1.82) is 0 Å². The summed E-state index contributed by atoms with van der Waals surface area (Å²) in [6, 6.07) is 5.15. The largest absolute Gasteiger partial charge is 0.467 e. The number of nitrogens with one attached hydrogen (secondary N) is 1. The van der Waals surface area contributed by atoms with Crippen LogP contribution < -0.4 is 5.32 Å². The molecule has 0 radical (unpaired) electrons. The second-order valence-corrected chi connectivity index (χ2v) is 6.71. The molecule has 0 saturated heterocycles. The Balaban J connectivity index is 1.66. The number of carbonyl (C=O) groups is 1. The highest BCUT2D eigenvalue weighted by Crippen LogP contribution is 2.27. The number of rotatable bonds is 5. The van der Waals surface area contributed by atoms with Crippen LogP contribution in [0.3, 0.4) is 0 Å².